The molecule has 1 aromatic carbocycles. The Balaban J connectivity index is 2.88. The van der Waals surface area contributed by atoms with Gasteiger partial charge in [0.25, 0.3) is 0 Å². The van der Waals surface area contributed by atoms with Gasteiger partial charge in [0.1, 0.15) is 11.4 Å². The lowest BCUT2D eigenvalue weighted by atomic mass is 10.2. The molecule has 104 valence electrons. The first-order valence-corrected chi connectivity index (χ1v) is 5.78. The fourth-order valence-electron chi connectivity index (χ4n) is 1.45. The Bertz CT molecular complexity index is 491. The molecule has 0 atom stereocenters. The summed E-state index contributed by atoms with van der Waals surface area (Å²) in [5, 5.41) is 10.5. The third-order valence-corrected chi connectivity index (χ3v) is 2.42. The third-order valence-electron chi connectivity index (χ3n) is 2.42. The highest BCUT2D eigenvalue weighted by Crippen LogP contribution is 2.23. The van der Waals surface area contributed by atoms with Crippen LogP contribution in [0, 0.1) is 21.7 Å². The van der Waals surface area contributed by atoms with Crippen LogP contribution in [-0.2, 0) is 4.74 Å². The maximum Gasteiger partial charge on any atom is 0.341 e. The second kappa shape index (κ2) is 6.77. The van der Waals surface area contributed by atoms with Crippen LogP contribution in [0.3, 0.4) is 0 Å². The number of ether oxygens (including phenoxy) is 1. The van der Waals surface area contributed by atoms with Gasteiger partial charge >= 0.3 is 11.7 Å². The molecule has 1 aromatic rings. The highest BCUT2D eigenvalue weighted by atomic mass is 19.1. The minimum Gasteiger partial charge on any atom is -0.462 e. The monoisotopic (exact) mass is 273 g/mol. The molecule has 0 amide bonds. The molecular weight excluding hydrogens is 260 g/mol. The third kappa shape index (κ3) is 3.97. The van der Waals surface area contributed by atoms with Gasteiger partial charge in [-0.2, -0.15) is 4.39 Å². The van der Waals surface area contributed by atoms with Crippen LogP contribution in [0.1, 0.15) is 36.5 Å². The van der Waals surface area contributed by atoms with Crippen molar-refractivity contribution in [3.05, 3.63) is 39.4 Å². The second-order valence-electron chi connectivity index (χ2n) is 3.89. The molecule has 0 saturated carbocycles. The van der Waals surface area contributed by atoms with Gasteiger partial charge in [0.15, 0.2) is 0 Å². The van der Waals surface area contributed by atoms with Gasteiger partial charge in [-0.1, -0.05) is 19.8 Å². The number of hydrogen-bond acceptors (Lipinski definition) is 4. The highest BCUT2D eigenvalue weighted by Gasteiger charge is 2.25. The molecule has 0 N–H and O–H groups in total. The van der Waals surface area contributed by atoms with Gasteiger partial charge in [0.05, 0.1) is 17.6 Å². The zero-order valence-corrected chi connectivity index (χ0v) is 10.3. The van der Waals surface area contributed by atoms with Crippen LogP contribution in [0.15, 0.2) is 12.1 Å². The van der Waals surface area contributed by atoms with E-state index in [-0.39, 0.29) is 6.61 Å². The molecule has 0 aliphatic heterocycles. The molecule has 19 heavy (non-hydrogen) atoms. The average Bonchev–Trinajstić information content (AvgIpc) is 2.36. The molecule has 0 aliphatic carbocycles. The molecule has 0 heterocycles. The highest BCUT2D eigenvalue weighted by molar-refractivity contribution is 5.90. The predicted octanol–water partition coefficient (Wildman–Crippen LogP) is 3.22. The normalized spacial score (nSPS) is 10.3. The molecule has 0 saturated heterocycles. The Hall–Kier alpha value is -2.05. The Morgan fingerprint density at radius 2 is 2.05 bits per heavy atom. The molecule has 0 radical (unpaired) electrons. The van der Waals surface area contributed by atoms with E-state index >= 15 is 0 Å². The van der Waals surface area contributed by atoms with E-state index in [1.165, 1.54) is 0 Å². The number of carbonyl (C=O) groups excluding carboxylic acids is 1. The van der Waals surface area contributed by atoms with Crippen LogP contribution in [0.5, 0.6) is 0 Å². The van der Waals surface area contributed by atoms with Crippen LogP contribution >= 0.6 is 0 Å². The Morgan fingerprint density at radius 1 is 1.37 bits per heavy atom. The number of unbranched alkanes of at least 4 members (excludes halogenated alkanes) is 2. The number of esters is 1. The number of nitro benzene ring substituents is 1. The van der Waals surface area contributed by atoms with Gasteiger partial charge in [0, 0.05) is 0 Å². The first kappa shape index (κ1) is 15.0. The topological polar surface area (TPSA) is 69.4 Å². The van der Waals surface area contributed by atoms with Crippen molar-refractivity contribution in [2.45, 2.75) is 26.2 Å². The lowest BCUT2D eigenvalue weighted by molar-refractivity contribution is -0.387. The summed E-state index contributed by atoms with van der Waals surface area (Å²) in [6.07, 6.45) is 2.34. The standard InChI is InChI=1S/C12H13F2NO4/c1-2-3-4-5-19-12(16)9-6-8(13)7-10(11(9)14)15(17)18/h6-7H,2-5H2,1H3. The maximum atomic E-state index is 13.6. The van der Waals surface area contributed by atoms with Crippen LogP contribution in [0.4, 0.5) is 14.5 Å². The Morgan fingerprint density at radius 3 is 2.63 bits per heavy atom. The second-order valence-corrected chi connectivity index (χ2v) is 3.89. The van der Waals surface area contributed by atoms with Crippen molar-refractivity contribution >= 4 is 11.7 Å². The molecule has 5 nitrogen and oxygen atoms in total. The quantitative estimate of drug-likeness (QED) is 0.345. The lowest BCUT2D eigenvalue weighted by Crippen LogP contribution is -2.10. The fourth-order valence-corrected chi connectivity index (χ4v) is 1.45. The van der Waals surface area contributed by atoms with E-state index in [0.717, 1.165) is 12.8 Å². The van der Waals surface area contributed by atoms with Crippen molar-refractivity contribution in [3.63, 3.8) is 0 Å². The zero-order valence-electron chi connectivity index (χ0n) is 10.3. The van der Waals surface area contributed by atoms with Crippen LogP contribution in [0.25, 0.3) is 0 Å². The summed E-state index contributed by atoms with van der Waals surface area (Å²) in [4.78, 5) is 20.9. The van der Waals surface area contributed by atoms with Gasteiger partial charge in [-0.05, 0) is 12.5 Å². The van der Waals surface area contributed by atoms with E-state index in [0.29, 0.717) is 18.6 Å². The summed E-state index contributed by atoms with van der Waals surface area (Å²) in [6.45, 7) is 2.02. The summed E-state index contributed by atoms with van der Waals surface area (Å²) in [5.41, 5.74) is -1.84. The Labute approximate surface area is 108 Å². The smallest absolute Gasteiger partial charge is 0.341 e. The van der Waals surface area contributed by atoms with Crippen molar-refractivity contribution in [2.24, 2.45) is 0 Å². The number of carbonyl (C=O) groups is 1. The van der Waals surface area contributed by atoms with Gasteiger partial charge in [-0.15, -0.1) is 0 Å². The minimum absolute atomic E-state index is 0.0659. The first-order valence-electron chi connectivity index (χ1n) is 5.78. The molecule has 0 unspecified atom stereocenters. The van der Waals surface area contributed by atoms with Crippen LogP contribution in [0.2, 0.25) is 0 Å². The van der Waals surface area contributed by atoms with Gasteiger partial charge in [0.2, 0.25) is 5.82 Å². The summed E-state index contributed by atoms with van der Waals surface area (Å²) in [7, 11) is 0. The summed E-state index contributed by atoms with van der Waals surface area (Å²) in [5.74, 6) is -3.54. The van der Waals surface area contributed by atoms with Gasteiger partial charge in [-0.25, -0.2) is 9.18 Å². The van der Waals surface area contributed by atoms with Crippen molar-refractivity contribution in [3.8, 4) is 0 Å². The zero-order chi connectivity index (χ0) is 14.4. The molecule has 0 spiro atoms. The number of nitrogens with zero attached hydrogens (tertiary/aromatic N) is 1. The van der Waals surface area contributed by atoms with Crippen LogP contribution in [-0.4, -0.2) is 17.5 Å². The molecular formula is C12H13F2NO4. The van der Waals surface area contributed by atoms with E-state index < -0.39 is 33.8 Å². The predicted molar refractivity (Wildman–Crippen MR) is 62.8 cm³/mol. The number of rotatable bonds is 6. The first-order chi connectivity index (χ1) is 8.97. The van der Waals surface area contributed by atoms with Crippen molar-refractivity contribution in [1.82, 2.24) is 0 Å². The summed E-state index contributed by atoms with van der Waals surface area (Å²) >= 11 is 0. The van der Waals surface area contributed by atoms with Crippen molar-refractivity contribution in [2.75, 3.05) is 6.61 Å². The number of hydrogen-bond donors (Lipinski definition) is 0. The summed E-state index contributed by atoms with van der Waals surface area (Å²) < 4.78 is 31.4. The van der Waals surface area contributed by atoms with Crippen molar-refractivity contribution in [1.29, 1.82) is 0 Å². The maximum absolute atomic E-state index is 13.6. The number of nitro groups is 1. The van der Waals surface area contributed by atoms with E-state index in [4.69, 9.17) is 4.74 Å². The lowest BCUT2D eigenvalue weighted by Gasteiger charge is -2.05. The van der Waals surface area contributed by atoms with Crippen LogP contribution < -0.4 is 0 Å². The van der Waals surface area contributed by atoms with Gasteiger partial charge < -0.3 is 4.74 Å². The van der Waals surface area contributed by atoms with E-state index in [2.05, 4.69) is 0 Å². The molecule has 7 heteroatoms. The molecule has 0 aliphatic rings. The largest absolute Gasteiger partial charge is 0.462 e. The molecule has 1 rings (SSSR count). The molecule has 0 aromatic heterocycles. The van der Waals surface area contributed by atoms with E-state index in [9.17, 15) is 23.7 Å². The van der Waals surface area contributed by atoms with Gasteiger partial charge in [-0.3, -0.25) is 10.1 Å². The van der Waals surface area contributed by atoms with E-state index in [1.54, 1.807) is 0 Å². The SMILES string of the molecule is CCCCCOC(=O)c1cc(F)cc([N+](=O)[O-])c1F. The summed E-state index contributed by atoms with van der Waals surface area (Å²) in [6, 6.07) is 1.01. The Kier molecular flexibility index (Phi) is 5.35. The molecule has 0 fully saturated rings. The number of halogens is 2. The average molecular weight is 273 g/mol. The molecule has 0 bridgehead atoms. The fraction of sp³-hybridized carbons (Fsp3) is 0.417. The minimum atomic E-state index is -1.38. The van der Waals surface area contributed by atoms with Crippen molar-refractivity contribution < 1.29 is 23.2 Å². The number of benzene rings is 1. The van der Waals surface area contributed by atoms with E-state index in [1.807, 2.05) is 6.92 Å².